The van der Waals surface area contributed by atoms with E-state index < -0.39 is 11.2 Å². The third-order valence-corrected chi connectivity index (χ3v) is 6.50. The van der Waals surface area contributed by atoms with Crippen LogP contribution in [0.4, 0.5) is 0 Å². The molecule has 5 nitrogen and oxygen atoms in total. The SMILES string of the molecule is O=c1oc2c(c(O)c1Sc1ccc(Cl)cc1)c(=O)n(Cc1ccccc1)c1ccccc21. The minimum Gasteiger partial charge on any atom is -0.505 e. The van der Waals surface area contributed by atoms with Crippen molar-refractivity contribution in [2.75, 3.05) is 0 Å². The Morgan fingerprint density at radius 1 is 0.906 bits per heavy atom. The van der Waals surface area contributed by atoms with Crippen LogP contribution in [0, 0.1) is 0 Å². The van der Waals surface area contributed by atoms with Crippen LogP contribution >= 0.6 is 23.4 Å². The lowest BCUT2D eigenvalue weighted by molar-refractivity contribution is 0.446. The van der Waals surface area contributed by atoms with E-state index in [1.807, 2.05) is 36.4 Å². The molecule has 0 unspecified atom stereocenters. The van der Waals surface area contributed by atoms with Crippen LogP contribution in [0.5, 0.6) is 5.75 Å². The van der Waals surface area contributed by atoms with Crippen LogP contribution in [0.3, 0.4) is 0 Å². The van der Waals surface area contributed by atoms with Gasteiger partial charge in [-0.15, -0.1) is 0 Å². The summed E-state index contributed by atoms with van der Waals surface area (Å²) in [6.45, 7) is 0.314. The van der Waals surface area contributed by atoms with E-state index >= 15 is 0 Å². The molecule has 0 amide bonds. The van der Waals surface area contributed by atoms with Crippen LogP contribution in [0.2, 0.25) is 5.02 Å². The lowest BCUT2D eigenvalue weighted by atomic mass is 10.1. The van der Waals surface area contributed by atoms with Crippen LogP contribution < -0.4 is 11.2 Å². The highest BCUT2D eigenvalue weighted by Gasteiger charge is 2.22. The summed E-state index contributed by atoms with van der Waals surface area (Å²) in [6, 6.07) is 23.6. The maximum Gasteiger partial charge on any atom is 0.354 e. The highest BCUT2D eigenvalue weighted by Crippen LogP contribution is 2.37. The molecular weight excluding hydrogens is 446 g/mol. The zero-order chi connectivity index (χ0) is 22.2. The zero-order valence-electron chi connectivity index (χ0n) is 16.6. The van der Waals surface area contributed by atoms with Gasteiger partial charge in [0.1, 0.15) is 10.3 Å². The summed E-state index contributed by atoms with van der Waals surface area (Å²) in [5.41, 5.74) is 0.501. The van der Waals surface area contributed by atoms with Gasteiger partial charge in [-0.05, 0) is 42.0 Å². The molecule has 0 bridgehead atoms. The Labute approximate surface area is 191 Å². The van der Waals surface area contributed by atoms with E-state index in [1.54, 1.807) is 47.0 Å². The Balaban J connectivity index is 1.78. The number of benzene rings is 3. The number of aromatic hydroxyl groups is 1. The number of rotatable bonds is 4. The van der Waals surface area contributed by atoms with Crippen molar-refractivity contribution in [1.29, 1.82) is 0 Å². The molecular formula is C25H16ClNO4S. The maximum atomic E-state index is 13.5. The van der Waals surface area contributed by atoms with E-state index in [-0.39, 0.29) is 21.6 Å². The molecule has 0 saturated carbocycles. The van der Waals surface area contributed by atoms with Gasteiger partial charge in [-0.2, -0.15) is 0 Å². The summed E-state index contributed by atoms with van der Waals surface area (Å²) < 4.78 is 7.18. The highest BCUT2D eigenvalue weighted by molar-refractivity contribution is 7.99. The van der Waals surface area contributed by atoms with Crippen LogP contribution in [0.1, 0.15) is 5.56 Å². The second-order valence-electron chi connectivity index (χ2n) is 7.22. The second kappa shape index (κ2) is 8.22. The standard InChI is InChI=1S/C25H16ClNO4S/c26-16-10-12-17(13-11-16)32-23-21(28)20-22(31-25(23)30)18-8-4-5-9-19(18)27(24(20)29)14-15-6-2-1-3-7-15/h1-13,28H,14H2. The van der Waals surface area contributed by atoms with Crippen molar-refractivity contribution in [2.45, 2.75) is 16.3 Å². The average Bonchev–Trinajstić information content (AvgIpc) is 2.81. The quantitative estimate of drug-likeness (QED) is 0.349. The maximum absolute atomic E-state index is 13.5. The first-order valence-corrected chi connectivity index (χ1v) is 11.0. The van der Waals surface area contributed by atoms with Crippen LogP contribution in [0.15, 0.2) is 103 Å². The van der Waals surface area contributed by atoms with Crippen molar-refractivity contribution in [3.05, 3.63) is 110 Å². The predicted molar refractivity (Wildman–Crippen MR) is 127 cm³/mol. The third kappa shape index (κ3) is 3.57. The molecule has 0 saturated heterocycles. The Morgan fingerprint density at radius 2 is 1.59 bits per heavy atom. The number of pyridine rings is 1. The first-order chi connectivity index (χ1) is 15.5. The van der Waals surface area contributed by atoms with E-state index in [9.17, 15) is 14.7 Å². The molecule has 32 heavy (non-hydrogen) atoms. The van der Waals surface area contributed by atoms with E-state index in [0.717, 1.165) is 17.3 Å². The predicted octanol–water partition coefficient (Wildman–Crippen LogP) is 5.67. The molecule has 2 aromatic heterocycles. The van der Waals surface area contributed by atoms with Gasteiger partial charge in [-0.25, -0.2) is 4.79 Å². The Bertz CT molecular complexity index is 1570. The molecule has 158 valence electrons. The van der Waals surface area contributed by atoms with Gasteiger partial charge in [-0.3, -0.25) is 4.79 Å². The Hall–Kier alpha value is -3.48. The fourth-order valence-electron chi connectivity index (χ4n) is 3.67. The Morgan fingerprint density at radius 3 is 2.34 bits per heavy atom. The highest BCUT2D eigenvalue weighted by atomic mass is 35.5. The van der Waals surface area contributed by atoms with Gasteiger partial charge in [0.2, 0.25) is 0 Å². The van der Waals surface area contributed by atoms with Gasteiger partial charge in [-0.1, -0.05) is 65.8 Å². The summed E-state index contributed by atoms with van der Waals surface area (Å²) in [5, 5.41) is 12.2. The van der Waals surface area contributed by atoms with Crippen LogP contribution in [-0.2, 0) is 6.54 Å². The summed E-state index contributed by atoms with van der Waals surface area (Å²) >= 11 is 6.96. The van der Waals surface area contributed by atoms with Gasteiger partial charge in [0.25, 0.3) is 5.56 Å². The van der Waals surface area contributed by atoms with Crippen molar-refractivity contribution in [3.63, 3.8) is 0 Å². The van der Waals surface area contributed by atoms with E-state index in [4.69, 9.17) is 16.0 Å². The average molecular weight is 462 g/mol. The zero-order valence-corrected chi connectivity index (χ0v) is 18.2. The lowest BCUT2D eigenvalue weighted by Crippen LogP contribution is -2.22. The molecule has 5 aromatic rings. The molecule has 0 radical (unpaired) electrons. The first-order valence-electron chi connectivity index (χ1n) is 9.81. The smallest absolute Gasteiger partial charge is 0.354 e. The lowest BCUT2D eigenvalue weighted by Gasteiger charge is -2.14. The number of para-hydroxylation sites is 1. The minimum atomic E-state index is -0.708. The van der Waals surface area contributed by atoms with Crippen molar-refractivity contribution in [1.82, 2.24) is 4.57 Å². The monoisotopic (exact) mass is 461 g/mol. The molecule has 5 rings (SSSR count). The molecule has 0 aliphatic rings. The molecule has 0 fully saturated rings. The van der Waals surface area contributed by atoms with Gasteiger partial charge in [0, 0.05) is 15.3 Å². The number of nitrogens with zero attached hydrogens (tertiary/aromatic N) is 1. The largest absolute Gasteiger partial charge is 0.505 e. The van der Waals surface area contributed by atoms with Crippen LogP contribution in [0.25, 0.3) is 21.9 Å². The van der Waals surface area contributed by atoms with Crippen molar-refractivity contribution >= 4 is 45.2 Å². The topological polar surface area (TPSA) is 72.4 Å². The summed E-state index contributed by atoms with van der Waals surface area (Å²) in [4.78, 5) is 27.0. The summed E-state index contributed by atoms with van der Waals surface area (Å²) in [5.74, 6) is -0.381. The van der Waals surface area contributed by atoms with E-state index in [2.05, 4.69) is 0 Å². The minimum absolute atomic E-state index is 0.0179. The van der Waals surface area contributed by atoms with Crippen LogP contribution in [-0.4, -0.2) is 9.67 Å². The number of halogens is 1. The second-order valence-corrected chi connectivity index (χ2v) is 8.74. The normalized spacial score (nSPS) is 11.3. The van der Waals surface area contributed by atoms with Gasteiger partial charge in [0.15, 0.2) is 11.3 Å². The number of hydrogen-bond donors (Lipinski definition) is 1. The number of hydrogen-bond acceptors (Lipinski definition) is 5. The molecule has 3 aromatic carbocycles. The van der Waals surface area contributed by atoms with Gasteiger partial charge in [0.05, 0.1) is 12.1 Å². The van der Waals surface area contributed by atoms with E-state index in [0.29, 0.717) is 27.4 Å². The third-order valence-electron chi connectivity index (χ3n) is 5.17. The number of aromatic nitrogens is 1. The summed E-state index contributed by atoms with van der Waals surface area (Å²) in [6.07, 6.45) is 0. The first kappa shape index (κ1) is 20.4. The van der Waals surface area contributed by atoms with Crippen molar-refractivity contribution in [3.8, 4) is 5.75 Å². The van der Waals surface area contributed by atoms with Crippen molar-refractivity contribution < 1.29 is 9.52 Å². The number of fused-ring (bicyclic) bond motifs is 3. The molecule has 7 heteroatoms. The fourth-order valence-corrected chi connectivity index (χ4v) is 4.63. The fraction of sp³-hybridized carbons (Fsp3) is 0.0400. The molecule has 0 aliphatic carbocycles. The molecule has 0 spiro atoms. The molecule has 2 heterocycles. The molecule has 1 N–H and O–H groups in total. The van der Waals surface area contributed by atoms with Gasteiger partial charge < -0.3 is 14.1 Å². The van der Waals surface area contributed by atoms with E-state index in [1.165, 1.54) is 0 Å². The summed E-state index contributed by atoms with van der Waals surface area (Å²) in [7, 11) is 0. The Kier molecular flexibility index (Phi) is 5.25. The van der Waals surface area contributed by atoms with Gasteiger partial charge >= 0.3 is 5.63 Å². The molecule has 0 atom stereocenters. The molecule has 0 aliphatic heterocycles. The van der Waals surface area contributed by atoms with Crippen molar-refractivity contribution in [2.24, 2.45) is 0 Å².